The molecule has 1 aromatic rings. The Bertz CT molecular complexity index is 697. The maximum atomic E-state index is 13.0. The highest BCUT2D eigenvalue weighted by Gasteiger charge is 2.32. The number of alkyl halides is 3. The molecule has 2 rings (SSSR count). The third kappa shape index (κ3) is 6.73. The highest BCUT2D eigenvalue weighted by Crippen LogP contribution is 2.33. The lowest BCUT2D eigenvalue weighted by molar-refractivity contribution is -0.137. The molecule has 3 N–H and O–H groups in total. The first-order valence-corrected chi connectivity index (χ1v) is 9.61. The van der Waals surface area contributed by atoms with Crippen LogP contribution in [0, 0.1) is 5.92 Å². The summed E-state index contributed by atoms with van der Waals surface area (Å²) in [5.41, 5.74) is -0.638. The van der Waals surface area contributed by atoms with Crippen LogP contribution in [0.15, 0.2) is 29.3 Å². The molecule has 1 aliphatic rings. The van der Waals surface area contributed by atoms with Gasteiger partial charge in [0.25, 0.3) is 0 Å². The minimum Gasteiger partial charge on any atom is -0.357 e. The Hall–Kier alpha value is -2.25. The van der Waals surface area contributed by atoms with Gasteiger partial charge in [0.15, 0.2) is 5.96 Å². The fraction of sp³-hybridized carbons (Fsp3) is 0.600. The molecule has 1 saturated carbocycles. The molecule has 0 spiro atoms. The molecule has 0 saturated heterocycles. The van der Waals surface area contributed by atoms with E-state index < -0.39 is 17.2 Å². The van der Waals surface area contributed by atoms with Crippen molar-refractivity contribution in [2.45, 2.75) is 45.2 Å². The normalized spacial score (nSPS) is 15.3. The lowest BCUT2D eigenvalue weighted by Gasteiger charge is -2.25. The highest BCUT2D eigenvalue weighted by molar-refractivity contribution is 5.81. The maximum absolute atomic E-state index is 13.0. The van der Waals surface area contributed by atoms with E-state index in [0.29, 0.717) is 37.7 Å². The molecule has 0 unspecified atom stereocenters. The van der Waals surface area contributed by atoms with Crippen LogP contribution in [0.5, 0.6) is 0 Å². The Kier molecular flexibility index (Phi) is 7.32. The number of hydrogen-bond acceptors (Lipinski definition) is 2. The predicted octanol–water partition coefficient (Wildman–Crippen LogP) is 3.06. The topological polar surface area (TPSA) is 65.5 Å². The standard InChI is InChI=1S/C20H29F3N4O/c1-4-24-18(26-11-10-25-17(28)14-8-9-14)27-13-19(2,3)15-6-5-7-16(12-15)20(21,22)23/h5-7,12,14H,4,8-11,13H2,1-3H3,(H,25,28)(H2,24,26,27). The summed E-state index contributed by atoms with van der Waals surface area (Å²) in [7, 11) is 0. The molecular weight excluding hydrogens is 369 g/mol. The van der Waals surface area contributed by atoms with E-state index in [1.807, 2.05) is 20.8 Å². The van der Waals surface area contributed by atoms with Crippen LogP contribution >= 0.6 is 0 Å². The van der Waals surface area contributed by atoms with Gasteiger partial charge in [0.2, 0.25) is 5.91 Å². The van der Waals surface area contributed by atoms with E-state index in [1.165, 1.54) is 12.1 Å². The minimum absolute atomic E-state index is 0.0921. The van der Waals surface area contributed by atoms with Crippen LogP contribution in [-0.4, -0.2) is 38.0 Å². The number of hydrogen-bond donors (Lipinski definition) is 3. The quantitative estimate of drug-likeness (QED) is 0.358. The van der Waals surface area contributed by atoms with Crippen LogP contribution in [0.1, 0.15) is 44.7 Å². The van der Waals surface area contributed by atoms with Crippen molar-refractivity contribution in [3.63, 3.8) is 0 Å². The van der Waals surface area contributed by atoms with Gasteiger partial charge in [-0.2, -0.15) is 13.2 Å². The molecule has 0 aromatic heterocycles. The summed E-state index contributed by atoms with van der Waals surface area (Å²) in [5.74, 6) is 0.841. The van der Waals surface area contributed by atoms with Gasteiger partial charge in [-0.1, -0.05) is 32.0 Å². The molecule has 0 atom stereocenters. The van der Waals surface area contributed by atoms with Crippen molar-refractivity contribution in [2.75, 3.05) is 26.2 Å². The van der Waals surface area contributed by atoms with Gasteiger partial charge < -0.3 is 16.0 Å². The van der Waals surface area contributed by atoms with Crippen LogP contribution in [0.25, 0.3) is 0 Å². The number of carbonyl (C=O) groups is 1. The number of amides is 1. The van der Waals surface area contributed by atoms with E-state index in [0.717, 1.165) is 18.9 Å². The average Bonchev–Trinajstić information content (AvgIpc) is 3.47. The molecule has 5 nitrogen and oxygen atoms in total. The van der Waals surface area contributed by atoms with Gasteiger partial charge in [0.1, 0.15) is 0 Å². The second kappa shape index (κ2) is 9.30. The minimum atomic E-state index is -4.36. The fourth-order valence-electron chi connectivity index (χ4n) is 2.68. The number of carbonyl (C=O) groups excluding carboxylic acids is 1. The van der Waals surface area contributed by atoms with Crippen LogP contribution < -0.4 is 16.0 Å². The largest absolute Gasteiger partial charge is 0.416 e. The van der Waals surface area contributed by atoms with E-state index in [4.69, 9.17) is 0 Å². The summed E-state index contributed by atoms with van der Waals surface area (Å²) in [6.07, 6.45) is -2.43. The summed E-state index contributed by atoms with van der Waals surface area (Å²) in [5, 5.41) is 9.12. The second-order valence-corrected chi connectivity index (χ2v) is 7.65. The van der Waals surface area contributed by atoms with Gasteiger partial charge in [-0.05, 0) is 31.4 Å². The van der Waals surface area contributed by atoms with Crippen molar-refractivity contribution in [1.29, 1.82) is 0 Å². The third-order valence-corrected chi connectivity index (χ3v) is 4.61. The van der Waals surface area contributed by atoms with Crippen LogP contribution in [0.4, 0.5) is 13.2 Å². The molecular formula is C20H29F3N4O. The first-order chi connectivity index (χ1) is 13.1. The average molecular weight is 398 g/mol. The van der Waals surface area contributed by atoms with Crippen LogP contribution in [0.2, 0.25) is 0 Å². The van der Waals surface area contributed by atoms with Crippen molar-refractivity contribution in [2.24, 2.45) is 10.9 Å². The first kappa shape index (κ1) is 22.0. The van der Waals surface area contributed by atoms with E-state index in [2.05, 4.69) is 20.9 Å². The van der Waals surface area contributed by atoms with Gasteiger partial charge in [0.05, 0.1) is 12.1 Å². The van der Waals surface area contributed by atoms with Gasteiger partial charge in [-0.3, -0.25) is 9.79 Å². The molecule has 0 radical (unpaired) electrons. The Balaban J connectivity index is 1.94. The molecule has 1 amide bonds. The van der Waals surface area contributed by atoms with Gasteiger partial charge in [0, 0.05) is 31.0 Å². The summed E-state index contributed by atoms with van der Waals surface area (Å²) in [6, 6.07) is 5.38. The molecule has 8 heteroatoms. The van der Waals surface area contributed by atoms with E-state index >= 15 is 0 Å². The molecule has 1 fully saturated rings. The maximum Gasteiger partial charge on any atom is 0.416 e. The van der Waals surface area contributed by atoms with Crippen LogP contribution in [0.3, 0.4) is 0 Å². The Morgan fingerprint density at radius 3 is 2.36 bits per heavy atom. The van der Waals surface area contributed by atoms with Crippen molar-refractivity contribution in [3.05, 3.63) is 35.4 Å². The SMILES string of the molecule is CCNC(=NCC(C)(C)c1cccc(C(F)(F)F)c1)NCCNC(=O)C1CC1. The number of halogens is 3. The Labute approximate surface area is 164 Å². The third-order valence-electron chi connectivity index (χ3n) is 4.61. The summed E-state index contributed by atoms with van der Waals surface area (Å²) in [4.78, 5) is 16.1. The zero-order chi connectivity index (χ0) is 20.8. The van der Waals surface area contributed by atoms with Crippen LogP contribution in [-0.2, 0) is 16.4 Å². The van der Waals surface area contributed by atoms with Crippen molar-refractivity contribution >= 4 is 11.9 Å². The summed E-state index contributed by atoms with van der Waals surface area (Å²) >= 11 is 0. The summed E-state index contributed by atoms with van der Waals surface area (Å²) < 4.78 is 38.9. The zero-order valence-electron chi connectivity index (χ0n) is 16.6. The molecule has 156 valence electrons. The van der Waals surface area contributed by atoms with Gasteiger partial charge in [-0.25, -0.2) is 0 Å². The predicted molar refractivity (Wildman–Crippen MR) is 104 cm³/mol. The number of nitrogens with one attached hydrogen (secondary N) is 3. The van der Waals surface area contributed by atoms with E-state index in [-0.39, 0.29) is 11.8 Å². The monoisotopic (exact) mass is 398 g/mol. The number of nitrogens with zero attached hydrogens (tertiary/aromatic N) is 1. The highest BCUT2D eigenvalue weighted by atomic mass is 19.4. The molecule has 0 bridgehead atoms. The Morgan fingerprint density at radius 2 is 1.75 bits per heavy atom. The molecule has 0 aliphatic heterocycles. The van der Waals surface area contributed by atoms with Crippen molar-refractivity contribution < 1.29 is 18.0 Å². The second-order valence-electron chi connectivity index (χ2n) is 7.65. The van der Waals surface area contributed by atoms with Crippen molar-refractivity contribution in [1.82, 2.24) is 16.0 Å². The number of guanidine groups is 1. The van der Waals surface area contributed by atoms with Crippen molar-refractivity contribution in [3.8, 4) is 0 Å². The first-order valence-electron chi connectivity index (χ1n) is 9.61. The fourth-order valence-corrected chi connectivity index (χ4v) is 2.68. The lowest BCUT2D eigenvalue weighted by Crippen LogP contribution is -2.42. The smallest absolute Gasteiger partial charge is 0.357 e. The lowest BCUT2D eigenvalue weighted by atomic mass is 9.84. The number of rotatable bonds is 8. The van der Waals surface area contributed by atoms with Gasteiger partial charge >= 0.3 is 6.18 Å². The van der Waals surface area contributed by atoms with Gasteiger partial charge in [-0.15, -0.1) is 0 Å². The van der Waals surface area contributed by atoms with E-state index in [1.54, 1.807) is 6.07 Å². The van der Waals surface area contributed by atoms with E-state index in [9.17, 15) is 18.0 Å². The number of aliphatic imine (C=N–C) groups is 1. The molecule has 28 heavy (non-hydrogen) atoms. The molecule has 1 aliphatic carbocycles. The Morgan fingerprint density at radius 1 is 1.11 bits per heavy atom. The summed E-state index contributed by atoms with van der Waals surface area (Å²) in [6.45, 7) is 7.66. The zero-order valence-corrected chi connectivity index (χ0v) is 16.6. The number of benzene rings is 1. The molecule has 1 aromatic carbocycles. The molecule has 0 heterocycles.